The molecule has 170 valence electrons. The van der Waals surface area contributed by atoms with Crippen LogP contribution in [0.15, 0.2) is 36.4 Å². The fraction of sp³-hybridized carbons (Fsp3) is 0.417. The molecule has 6 nitrogen and oxygen atoms in total. The molecule has 2 N–H and O–H groups in total. The van der Waals surface area contributed by atoms with Gasteiger partial charge in [0.05, 0.1) is 36.2 Å². The maximum Gasteiger partial charge on any atom is 0.308 e. The Morgan fingerprint density at radius 3 is 2.75 bits per heavy atom. The van der Waals surface area contributed by atoms with Gasteiger partial charge in [0, 0.05) is 29.1 Å². The largest absolute Gasteiger partial charge is 0.492 e. The number of carbonyl (C=O) groups is 1. The van der Waals surface area contributed by atoms with Gasteiger partial charge < -0.3 is 14.8 Å². The van der Waals surface area contributed by atoms with Crippen LogP contribution in [-0.4, -0.2) is 35.9 Å². The molecule has 2 unspecified atom stereocenters. The number of aromatic nitrogens is 2. The van der Waals surface area contributed by atoms with E-state index >= 15 is 0 Å². The molecule has 1 aromatic heterocycles. The average Bonchev–Trinajstić information content (AvgIpc) is 3.23. The number of halogens is 2. The fourth-order valence-corrected chi connectivity index (χ4v) is 4.97. The van der Waals surface area contributed by atoms with Gasteiger partial charge in [-0.05, 0) is 49.1 Å². The lowest BCUT2D eigenvalue weighted by Crippen LogP contribution is -2.36. The summed E-state index contributed by atoms with van der Waals surface area (Å²) in [6.45, 7) is 1.07. The number of methoxy groups -OCH3 is 1. The van der Waals surface area contributed by atoms with Crippen molar-refractivity contribution in [2.45, 2.75) is 44.7 Å². The zero-order valence-corrected chi connectivity index (χ0v) is 19.5. The zero-order chi connectivity index (χ0) is 22.5. The van der Waals surface area contributed by atoms with E-state index in [-0.39, 0.29) is 17.9 Å². The molecular formula is C24H27Cl2N3O3. The van der Waals surface area contributed by atoms with Crippen LogP contribution in [0.4, 0.5) is 0 Å². The third-order valence-corrected chi connectivity index (χ3v) is 6.77. The zero-order valence-electron chi connectivity index (χ0n) is 18.0. The molecule has 2 aromatic carbocycles. The summed E-state index contributed by atoms with van der Waals surface area (Å²) < 4.78 is 11.1. The maximum atomic E-state index is 11.9. The lowest BCUT2D eigenvalue weighted by molar-refractivity contribution is -0.146. The molecule has 8 heteroatoms. The Bertz CT molecular complexity index is 1070. The Hall–Kier alpha value is -2.28. The number of hydrogen-bond donors (Lipinski definition) is 2. The fourth-order valence-electron chi connectivity index (χ4n) is 4.38. The molecule has 0 spiro atoms. The first-order valence-corrected chi connectivity index (χ1v) is 11.6. The monoisotopic (exact) mass is 475 g/mol. The van der Waals surface area contributed by atoms with Gasteiger partial charge in [-0.3, -0.25) is 9.89 Å². The van der Waals surface area contributed by atoms with E-state index in [1.807, 2.05) is 36.4 Å². The van der Waals surface area contributed by atoms with Gasteiger partial charge in [-0.1, -0.05) is 41.8 Å². The summed E-state index contributed by atoms with van der Waals surface area (Å²) in [5, 5.41) is 13.4. The molecule has 1 fully saturated rings. The minimum atomic E-state index is -0.113. The molecule has 1 saturated carbocycles. The number of hydrogen-bond acceptors (Lipinski definition) is 5. The Balaban J connectivity index is 1.42. The summed E-state index contributed by atoms with van der Waals surface area (Å²) in [6, 6.07) is 11.6. The number of esters is 1. The van der Waals surface area contributed by atoms with Crippen LogP contribution in [-0.2, 0) is 22.5 Å². The van der Waals surface area contributed by atoms with Crippen LogP contribution in [0.2, 0.25) is 10.0 Å². The van der Waals surface area contributed by atoms with Gasteiger partial charge in [0.2, 0.25) is 0 Å². The first-order valence-electron chi connectivity index (χ1n) is 10.9. The third kappa shape index (κ3) is 5.20. The van der Waals surface area contributed by atoms with Crippen molar-refractivity contribution >= 4 is 40.1 Å². The molecule has 32 heavy (non-hydrogen) atoms. The Morgan fingerprint density at radius 1 is 1.19 bits per heavy atom. The Labute approximate surface area is 197 Å². The standard InChI is InChI=1S/C24H27Cl2N3O3/c1-31-24(30)15-5-2-6-16(13-15)27-14-21-23-20(28-29-21)9-4-10-22(23)32-12-11-17-18(25)7-3-8-19(17)26/h3-4,7-10,15-16,27H,2,5-6,11-14H2,1H3,(H,28,29). The Kier molecular flexibility index (Phi) is 7.55. The first kappa shape index (κ1) is 22.9. The minimum Gasteiger partial charge on any atom is -0.492 e. The molecule has 0 bridgehead atoms. The SMILES string of the molecule is COC(=O)C1CCCC(NCc2[nH]nc3cccc(OCCc4c(Cl)cccc4Cl)c23)C1. The molecule has 3 aromatic rings. The second kappa shape index (κ2) is 10.6. The van der Waals surface area contributed by atoms with E-state index < -0.39 is 0 Å². The molecule has 1 heterocycles. The highest BCUT2D eigenvalue weighted by molar-refractivity contribution is 6.36. The molecule has 0 amide bonds. The molecule has 0 radical (unpaired) electrons. The molecule has 0 saturated heterocycles. The van der Waals surface area contributed by atoms with Crippen molar-refractivity contribution in [3.8, 4) is 5.75 Å². The molecule has 0 aliphatic heterocycles. The first-order chi connectivity index (χ1) is 15.6. The summed E-state index contributed by atoms with van der Waals surface area (Å²) in [4.78, 5) is 11.9. The van der Waals surface area contributed by atoms with Gasteiger partial charge in [0.15, 0.2) is 0 Å². The van der Waals surface area contributed by atoms with E-state index in [0.29, 0.717) is 29.6 Å². The number of aromatic amines is 1. The lowest BCUT2D eigenvalue weighted by atomic mass is 9.85. The number of carbonyl (C=O) groups excluding carboxylic acids is 1. The number of nitrogens with one attached hydrogen (secondary N) is 2. The summed E-state index contributed by atoms with van der Waals surface area (Å²) in [5.41, 5.74) is 2.70. The van der Waals surface area contributed by atoms with E-state index in [2.05, 4.69) is 15.5 Å². The molecule has 4 rings (SSSR count). The average molecular weight is 476 g/mol. The smallest absolute Gasteiger partial charge is 0.308 e. The highest BCUT2D eigenvalue weighted by atomic mass is 35.5. The van der Waals surface area contributed by atoms with Crippen LogP contribution in [0.1, 0.15) is 36.9 Å². The summed E-state index contributed by atoms with van der Waals surface area (Å²) in [5.74, 6) is 0.630. The molecule has 1 aliphatic rings. The molecule has 1 aliphatic carbocycles. The Morgan fingerprint density at radius 2 is 1.97 bits per heavy atom. The van der Waals surface area contributed by atoms with Crippen LogP contribution in [0.25, 0.3) is 10.9 Å². The van der Waals surface area contributed by atoms with E-state index in [9.17, 15) is 4.79 Å². The summed E-state index contributed by atoms with van der Waals surface area (Å²) in [7, 11) is 1.46. The predicted octanol–water partition coefficient (Wildman–Crippen LogP) is 5.31. The van der Waals surface area contributed by atoms with Crippen LogP contribution in [0.3, 0.4) is 0 Å². The highest BCUT2D eigenvalue weighted by Crippen LogP contribution is 2.30. The van der Waals surface area contributed by atoms with Crippen molar-refractivity contribution in [2.24, 2.45) is 5.92 Å². The topological polar surface area (TPSA) is 76.2 Å². The number of nitrogens with zero attached hydrogens (tertiary/aromatic N) is 1. The number of fused-ring (bicyclic) bond motifs is 1. The van der Waals surface area contributed by atoms with Crippen LogP contribution in [0, 0.1) is 5.92 Å². The van der Waals surface area contributed by atoms with Crippen molar-refractivity contribution in [1.29, 1.82) is 0 Å². The second-order valence-electron chi connectivity index (χ2n) is 8.12. The van der Waals surface area contributed by atoms with E-state index in [0.717, 1.165) is 53.6 Å². The van der Waals surface area contributed by atoms with Crippen molar-refractivity contribution < 1.29 is 14.3 Å². The minimum absolute atomic E-state index is 0.0275. The van der Waals surface area contributed by atoms with Gasteiger partial charge in [-0.15, -0.1) is 0 Å². The quantitative estimate of drug-likeness (QED) is 0.431. The van der Waals surface area contributed by atoms with Gasteiger partial charge in [0.25, 0.3) is 0 Å². The van der Waals surface area contributed by atoms with Crippen LogP contribution < -0.4 is 10.1 Å². The number of H-pyrrole nitrogens is 1. The number of ether oxygens (including phenoxy) is 2. The van der Waals surface area contributed by atoms with Crippen molar-refractivity contribution in [3.63, 3.8) is 0 Å². The van der Waals surface area contributed by atoms with Crippen molar-refractivity contribution in [3.05, 3.63) is 57.7 Å². The molecule has 2 atom stereocenters. The second-order valence-corrected chi connectivity index (χ2v) is 8.93. The van der Waals surface area contributed by atoms with E-state index in [1.165, 1.54) is 7.11 Å². The van der Waals surface area contributed by atoms with Gasteiger partial charge >= 0.3 is 5.97 Å². The third-order valence-electron chi connectivity index (χ3n) is 6.06. The van der Waals surface area contributed by atoms with Crippen LogP contribution >= 0.6 is 23.2 Å². The van der Waals surface area contributed by atoms with Crippen LogP contribution in [0.5, 0.6) is 5.75 Å². The van der Waals surface area contributed by atoms with Gasteiger partial charge in [-0.2, -0.15) is 5.10 Å². The van der Waals surface area contributed by atoms with Gasteiger partial charge in [-0.25, -0.2) is 0 Å². The van der Waals surface area contributed by atoms with E-state index in [4.69, 9.17) is 32.7 Å². The van der Waals surface area contributed by atoms with Crippen molar-refractivity contribution in [1.82, 2.24) is 15.5 Å². The van der Waals surface area contributed by atoms with E-state index in [1.54, 1.807) is 0 Å². The normalized spacial score (nSPS) is 18.6. The predicted molar refractivity (Wildman–Crippen MR) is 126 cm³/mol. The summed E-state index contributed by atoms with van der Waals surface area (Å²) in [6.07, 6.45) is 4.35. The number of benzene rings is 2. The van der Waals surface area contributed by atoms with Crippen molar-refractivity contribution in [2.75, 3.05) is 13.7 Å². The highest BCUT2D eigenvalue weighted by Gasteiger charge is 2.27. The number of rotatable bonds is 8. The maximum absolute atomic E-state index is 11.9. The molecular weight excluding hydrogens is 449 g/mol. The van der Waals surface area contributed by atoms with Gasteiger partial charge in [0.1, 0.15) is 5.75 Å². The summed E-state index contributed by atoms with van der Waals surface area (Å²) >= 11 is 12.6. The lowest BCUT2D eigenvalue weighted by Gasteiger charge is -2.28.